The first kappa shape index (κ1) is 16.0. The van der Waals surface area contributed by atoms with Crippen LogP contribution in [0.5, 0.6) is 0 Å². The van der Waals surface area contributed by atoms with Gasteiger partial charge in [-0.1, -0.05) is 19.1 Å². The highest BCUT2D eigenvalue weighted by atomic mass is 32.2. The molecule has 0 unspecified atom stereocenters. The summed E-state index contributed by atoms with van der Waals surface area (Å²) >= 11 is 1.01. The van der Waals surface area contributed by atoms with E-state index in [2.05, 4.69) is 4.72 Å². The number of rotatable bonds is 6. The molecule has 0 atom stereocenters. The first-order chi connectivity index (χ1) is 8.70. The Morgan fingerprint density at radius 1 is 1.37 bits per heavy atom. The average Bonchev–Trinajstić information content (AvgIpc) is 2.28. The molecule has 5 nitrogen and oxygen atoms in total. The Morgan fingerprint density at radius 2 is 1.95 bits per heavy atom. The maximum atomic E-state index is 12.0. The molecule has 7 heteroatoms. The minimum Gasteiger partial charge on any atom is -0.480 e. The zero-order chi connectivity index (χ0) is 14.7. The number of hydrogen-bond donors (Lipinski definition) is 2. The molecule has 0 aliphatic carbocycles. The van der Waals surface area contributed by atoms with Crippen molar-refractivity contribution in [2.45, 2.75) is 35.3 Å². The zero-order valence-electron chi connectivity index (χ0n) is 11.0. The number of thioether (sulfide) groups is 1. The molecule has 0 aliphatic rings. The number of sulfonamides is 1. The normalized spacial score (nSPS) is 12.4. The molecule has 2 N–H and O–H groups in total. The van der Waals surface area contributed by atoms with Gasteiger partial charge in [0.1, 0.15) is 4.75 Å². The van der Waals surface area contributed by atoms with Gasteiger partial charge in [0.25, 0.3) is 0 Å². The summed E-state index contributed by atoms with van der Waals surface area (Å²) in [7, 11) is -3.60. The van der Waals surface area contributed by atoms with Gasteiger partial charge in [-0.05, 0) is 26.0 Å². The van der Waals surface area contributed by atoms with Gasteiger partial charge < -0.3 is 5.11 Å². The molecule has 1 aromatic carbocycles. The Kier molecular flexibility index (Phi) is 5.00. The van der Waals surface area contributed by atoms with Crippen LogP contribution < -0.4 is 4.72 Å². The fourth-order valence-corrected chi connectivity index (χ4v) is 3.88. The molecule has 0 spiro atoms. The van der Waals surface area contributed by atoms with Crippen LogP contribution in [0, 0.1) is 0 Å². The highest BCUT2D eigenvalue weighted by molar-refractivity contribution is 8.02. The summed E-state index contributed by atoms with van der Waals surface area (Å²) in [5, 5.41) is 9.11. The van der Waals surface area contributed by atoms with E-state index in [1.165, 1.54) is 19.9 Å². The Labute approximate surface area is 117 Å². The summed E-state index contributed by atoms with van der Waals surface area (Å²) in [4.78, 5) is 11.7. The van der Waals surface area contributed by atoms with Crippen molar-refractivity contribution >= 4 is 27.8 Å². The van der Waals surface area contributed by atoms with Crippen molar-refractivity contribution in [3.05, 3.63) is 24.3 Å². The molecule has 1 aromatic rings. The SMILES string of the molecule is CCNS(=O)(=O)c1ccccc1SC(C)(C)C(=O)O. The first-order valence-corrected chi connectivity index (χ1v) is 8.02. The molecule has 0 bridgehead atoms. The number of carboxylic acids is 1. The van der Waals surface area contributed by atoms with Gasteiger partial charge in [-0.2, -0.15) is 0 Å². The Balaban J connectivity index is 3.21. The third-order valence-electron chi connectivity index (χ3n) is 2.35. The van der Waals surface area contributed by atoms with E-state index in [1.54, 1.807) is 25.1 Å². The lowest BCUT2D eigenvalue weighted by molar-refractivity contribution is -0.138. The van der Waals surface area contributed by atoms with Crippen LogP contribution in [0.3, 0.4) is 0 Å². The topological polar surface area (TPSA) is 83.5 Å². The number of aliphatic carboxylic acids is 1. The van der Waals surface area contributed by atoms with Gasteiger partial charge >= 0.3 is 5.97 Å². The van der Waals surface area contributed by atoms with E-state index in [-0.39, 0.29) is 11.4 Å². The highest BCUT2D eigenvalue weighted by Gasteiger charge is 2.31. The Hall–Kier alpha value is -1.05. The summed E-state index contributed by atoms with van der Waals surface area (Å²) in [6.45, 7) is 5.05. The van der Waals surface area contributed by atoms with E-state index < -0.39 is 20.7 Å². The molecular weight excluding hydrogens is 286 g/mol. The molecule has 0 amide bonds. The smallest absolute Gasteiger partial charge is 0.319 e. The van der Waals surface area contributed by atoms with Crippen molar-refractivity contribution in [2.75, 3.05) is 6.54 Å². The molecule has 0 saturated heterocycles. The van der Waals surface area contributed by atoms with Crippen LogP contribution in [0.25, 0.3) is 0 Å². The monoisotopic (exact) mass is 303 g/mol. The Bertz CT molecular complexity index is 567. The second-order valence-corrected chi connectivity index (χ2v) is 7.77. The van der Waals surface area contributed by atoms with Crippen molar-refractivity contribution in [1.29, 1.82) is 0 Å². The quantitative estimate of drug-likeness (QED) is 0.785. The van der Waals surface area contributed by atoms with Gasteiger partial charge in [0.15, 0.2) is 0 Å². The van der Waals surface area contributed by atoms with E-state index in [1.807, 2.05) is 0 Å². The number of hydrogen-bond acceptors (Lipinski definition) is 4. The van der Waals surface area contributed by atoms with Crippen LogP contribution in [0.4, 0.5) is 0 Å². The second kappa shape index (κ2) is 5.94. The number of nitrogens with one attached hydrogen (secondary N) is 1. The van der Waals surface area contributed by atoms with E-state index in [0.717, 1.165) is 11.8 Å². The molecule has 0 saturated carbocycles. The van der Waals surface area contributed by atoms with Crippen molar-refractivity contribution < 1.29 is 18.3 Å². The fourth-order valence-electron chi connectivity index (χ4n) is 1.34. The molecule has 0 aromatic heterocycles. The summed E-state index contributed by atoms with van der Waals surface area (Å²) in [6, 6.07) is 6.38. The van der Waals surface area contributed by atoms with Crippen LogP contribution in [-0.2, 0) is 14.8 Å². The van der Waals surface area contributed by atoms with Gasteiger partial charge in [0.2, 0.25) is 10.0 Å². The maximum Gasteiger partial charge on any atom is 0.319 e. The average molecular weight is 303 g/mol. The standard InChI is InChI=1S/C12H17NO4S2/c1-4-13-19(16,17)10-8-6-5-7-9(10)18-12(2,3)11(14)15/h5-8,13H,4H2,1-3H3,(H,14,15). The minimum absolute atomic E-state index is 0.108. The third-order valence-corrected chi connectivity index (χ3v) is 5.35. The number of carbonyl (C=O) groups is 1. The van der Waals surface area contributed by atoms with Crippen molar-refractivity contribution in [1.82, 2.24) is 4.72 Å². The van der Waals surface area contributed by atoms with Gasteiger partial charge in [0, 0.05) is 11.4 Å². The van der Waals surface area contributed by atoms with Gasteiger partial charge in [-0.15, -0.1) is 11.8 Å². The maximum absolute atomic E-state index is 12.0. The lowest BCUT2D eigenvalue weighted by Gasteiger charge is -2.20. The Morgan fingerprint density at radius 3 is 2.47 bits per heavy atom. The van der Waals surface area contributed by atoms with Crippen molar-refractivity contribution in [2.24, 2.45) is 0 Å². The summed E-state index contributed by atoms with van der Waals surface area (Å²) in [5.41, 5.74) is 0. The lowest BCUT2D eigenvalue weighted by Crippen LogP contribution is -2.28. The molecule has 0 heterocycles. The van der Waals surface area contributed by atoms with Crippen molar-refractivity contribution in [3.63, 3.8) is 0 Å². The van der Waals surface area contributed by atoms with Gasteiger partial charge in [-0.3, -0.25) is 4.79 Å². The number of carboxylic acid groups (broad SMARTS) is 1. The van der Waals surface area contributed by atoms with E-state index in [9.17, 15) is 13.2 Å². The predicted molar refractivity (Wildman–Crippen MR) is 74.9 cm³/mol. The fraction of sp³-hybridized carbons (Fsp3) is 0.417. The molecule has 106 valence electrons. The largest absolute Gasteiger partial charge is 0.480 e. The van der Waals surface area contributed by atoms with E-state index >= 15 is 0 Å². The van der Waals surface area contributed by atoms with Crippen LogP contribution >= 0.6 is 11.8 Å². The highest BCUT2D eigenvalue weighted by Crippen LogP contribution is 2.36. The van der Waals surface area contributed by atoms with Crippen LogP contribution in [0.15, 0.2) is 34.1 Å². The predicted octanol–water partition coefficient (Wildman–Crippen LogP) is 1.94. The first-order valence-electron chi connectivity index (χ1n) is 5.72. The zero-order valence-corrected chi connectivity index (χ0v) is 12.6. The van der Waals surface area contributed by atoms with Crippen LogP contribution in [0.1, 0.15) is 20.8 Å². The minimum atomic E-state index is -3.60. The lowest BCUT2D eigenvalue weighted by atomic mass is 10.2. The van der Waals surface area contributed by atoms with Crippen LogP contribution in [-0.4, -0.2) is 30.8 Å². The summed E-state index contributed by atoms with van der Waals surface area (Å²) in [6.07, 6.45) is 0. The second-order valence-electron chi connectivity index (χ2n) is 4.37. The van der Waals surface area contributed by atoms with E-state index in [0.29, 0.717) is 4.90 Å². The number of benzene rings is 1. The third kappa shape index (κ3) is 3.95. The molecule has 0 fully saturated rings. The molecule has 1 rings (SSSR count). The van der Waals surface area contributed by atoms with E-state index in [4.69, 9.17) is 5.11 Å². The van der Waals surface area contributed by atoms with Gasteiger partial charge in [-0.25, -0.2) is 13.1 Å². The van der Waals surface area contributed by atoms with Gasteiger partial charge in [0.05, 0.1) is 4.90 Å². The molecule has 19 heavy (non-hydrogen) atoms. The van der Waals surface area contributed by atoms with Crippen molar-refractivity contribution in [3.8, 4) is 0 Å². The summed E-state index contributed by atoms with van der Waals surface area (Å²) < 4.78 is 25.4. The molecular formula is C12H17NO4S2. The molecule has 0 aliphatic heterocycles. The molecule has 0 radical (unpaired) electrons. The summed E-state index contributed by atoms with van der Waals surface area (Å²) in [5.74, 6) is -0.992. The van der Waals surface area contributed by atoms with Crippen LogP contribution in [0.2, 0.25) is 0 Å².